The number of hydrogen-bond acceptors (Lipinski definition) is 3. The van der Waals surface area contributed by atoms with Crippen LogP contribution < -0.4 is 10.6 Å². The second-order valence-corrected chi connectivity index (χ2v) is 5.00. The molecule has 3 N–H and O–H groups in total. The molecular weight excluding hydrogens is 268 g/mol. The van der Waals surface area contributed by atoms with Gasteiger partial charge in [0.2, 0.25) is 5.66 Å². The molecule has 21 heavy (non-hydrogen) atoms. The molecule has 106 valence electrons. The first-order valence-corrected chi connectivity index (χ1v) is 6.58. The van der Waals surface area contributed by atoms with E-state index in [1.807, 2.05) is 30.3 Å². The third kappa shape index (κ3) is 2.33. The minimum Gasteiger partial charge on any atom is -0.478 e. The van der Waals surface area contributed by atoms with Gasteiger partial charge in [-0.3, -0.25) is 4.79 Å². The summed E-state index contributed by atoms with van der Waals surface area (Å²) in [6, 6.07) is 16.1. The van der Waals surface area contributed by atoms with Gasteiger partial charge in [-0.25, -0.2) is 4.79 Å². The Morgan fingerprint density at radius 3 is 2.38 bits per heavy atom. The van der Waals surface area contributed by atoms with Crippen LogP contribution in [0.15, 0.2) is 54.6 Å². The Morgan fingerprint density at radius 1 is 1.00 bits per heavy atom. The summed E-state index contributed by atoms with van der Waals surface area (Å²) in [7, 11) is 0. The molecule has 0 spiro atoms. The van der Waals surface area contributed by atoms with Crippen molar-refractivity contribution in [3.8, 4) is 0 Å². The third-order valence-corrected chi connectivity index (χ3v) is 3.52. The molecule has 5 nitrogen and oxygen atoms in total. The standard InChI is InChI=1S/C16H14N2O3/c19-14-12-8-4-5-9-13(12)17-16(18-14,15(20)21)10-11-6-2-1-3-7-11/h1-9,17H,10H2,(H,18,19)(H,20,21). The second kappa shape index (κ2) is 4.94. The summed E-state index contributed by atoms with van der Waals surface area (Å²) in [5, 5.41) is 15.2. The van der Waals surface area contributed by atoms with Crippen LogP contribution in [0.2, 0.25) is 0 Å². The number of aliphatic carboxylic acids is 1. The van der Waals surface area contributed by atoms with Crippen LogP contribution in [0.4, 0.5) is 5.69 Å². The van der Waals surface area contributed by atoms with Crippen LogP contribution in [0.5, 0.6) is 0 Å². The zero-order chi connectivity index (χ0) is 14.9. The molecule has 0 fully saturated rings. The van der Waals surface area contributed by atoms with Gasteiger partial charge in [0, 0.05) is 12.1 Å². The maximum Gasteiger partial charge on any atom is 0.350 e. The van der Waals surface area contributed by atoms with Crippen molar-refractivity contribution in [2.45, 2.75) is 12.1 Å². The van der Waals surface area contributed by atoms with Gasteiger partial charge in [0.15, 0.2) is 0 Å². The van der Waals surface area contributed by atoms with Gasteiger partial charge in [0.25, 0.3) is 5.91 Å². The number of amides is 1. The molecule has 3 rings (SSSR count). The minimum atomic E-state index is -1.53. The monoisotopic (exact) mass is 282 g/mol. The Hall–Kier alpha value is -2.82. The number of rotatable bonds is 3. The van der Waals surface area contributed by atoms with Crippen LogP contribution in [-0.2, 0) is 11.2 Å². The molecule has 0 saturated heterocycles. The highest BCUT2D eigenvalue weighted by molar-refractivity contribution is 6.06. The number of benzene rings is 2. The van der Waals surface area contributed by atoms with Crippen molar-refractivity contribution in [2.75, 3.05) is 5.32 Å². The lowest BCUT2D eigenvalue weighted by Gasteiger charge is -2.37. The Balaban J connectivity index is 2.00. The summed E-state index contributed by atoms with van der Waals surface area (Å²) in [5.41, 5.74) is 0.265. The van der Waals surface area contributed by atoms with E-state index in [1.165, 1.54) is 0 Å². The van der Waals surface area contributed by atoms with Crippen LogP contribution in [0.3, 0.4) is 0 Å². The van der Waals surface area contributed by atoms with E-state index in [1.54, 1.807) is 24.3 Å². The average molecular weight is 282 g/mol. The number of para-hydroxylation sites is 1. The fourth-order valence-electron chi connectivity index (χ4n) is 2.49. The van der Waals surface area contributed by atoms with Gasteiger partial charge >= 0.3 is 5.97 Å². The van der Waals surface area contributed by atoms with Gasteiger partial charge in [0.05, 0.1) is 5.56 Å². The van der Waals surface area contributed by atoms with Gasteiger partial charge in [0.1, 0.15) is 0 Å². The molecule has 1 aliphatic rings. The van der Waals surface area contributed by atoms with Gasteiger partial charge in [-0.15, -0.1) is 0 Å². The molecule has 0 aromatic heterocycles. The highest BCUT2D eigenvalue weighted by Crippen LogP contribution is 2.27. The molecule has 0 aliphatic carbocycles. The smallest absolute Gasteiger partial charge is 0.350 e. The lowest BCUT2D eigenvalue weighted by Crippen LogP contribution is -2.64. The van der Waals surface area contributed by atoms with Crippen molar-refractivity contribution in [3.63, 3.8) is 0 Å². The minimum absolute atomic E-state index is 0.156. The largest absolute Gasteiger partial charge is 0.478 e. The third-order valence-electron chi connectivity index (χ3n) is 3.52. The molecule has 0 radical (unpaired) electrons. The van der Waals surface area contributed by atoms with Gasteiger partial charge in [-0.1, -0.05) is 42.5 Å². The van der Waals surface area contributed by atoms with E-state index >= 15 is 0 Å². The first-order chi connectivity index (χ1) is 10.1. The van der Waals surface area contributed by atoms with Crippen LogP contribution in [0, 0.1) is 0 Å². The fourth-order valence-corrected chi connectivity index (χ4v) is 2.49. The van der Waals surface area contributed by atoms with Gasteiger partial charge < -0.3 is 15.7 Å². The SMILES string of the molecule is O=C1NC(Cc2ccccc2)(C(=O)O)Nc2ccccc21. The van der Waals surface area contributed by atoms with Crippen LogP contribution >= 0.6 is 0 Å². The number of hydrogen-bond donors (Lipinski definition) is 3. The molecule has 1 unspecified atom stereocenters. The molecule has 1 atom stereocenters. The molecule has 1 amide bonds. The first-order valence-electron chi connectivity index (χ1n) is 6.58. The Kier molecular flexibility index (Phi) is 3.10. The topological polar surface area (TPSA) is 78.4 Å². The predicted octanol–water partition coefficient (Wildman–Crippen LogP) is 1.87. The molecular formula is C16H14N2O3. The summed E-state index contributed by atoms with van der Waals surface area (Å²) in [4.78, 5) is 23.9. The maximum atomic E-state index is 12.2. The van der Waals surface area contributed by atoms with Crippen molar-refractivity contribution in [3.05, 3.63) is 65.7 Å². The van der Waals surface area contributed by atoms with E-state index in [9.17, 15) is 14.7 Å². The number of nitrogens with one attached hydrogen (secondary N) is 2. The van der Waals surface area contributed by atoms with Crippen molar-refractivity contribution < 1.29 is 14.7 Å². The van der Waals surface area contributed by atoms with Crippen molar-refractivity contribution in [1.82, 2.24) is 5.32 Å². The van der Waals surface area contributed by atoms with E-state index in [2.05, 4.69) is 10.6 Å². The molecule has 1 heterocycles. The fraction of sp³-hybridized carbons (Fsp3) is 0.125. The maximum absolute atomic E-state index is 12.2. The van der Waals surface area contributed by atoms with E-state index in [4.69, 9.17) is 0 Å². The predicted molar refractivity (Wildman–Crippen MR) is 78.0 cm³/mol. The normalized spacial score (nSPS) is 20.1. The van der Waals surface area contributed by atoms with Crippen LogP contribution in [0.25, 0.3) is 0 Å². The van der Waals surface area contributed by atoms with E-state index in [-0.39, 0.29) is 12.3 Å². The number of fused-ring (bicyclic) bond motifs is 1. The number of carboxylic acid groups (broad SMARTS) is 1. The van der Waals surface area contributed by atoms with E-state index < -0.39 is 11.6 Å². The summed E-state index contributed by atoms with van der Waals surface area (Å²) in [6.45, 7) is 0. The summed E-state index contributed by atoms with van der Waals surface area (Å²) in [6.07, 6.45) is 0.156. The average Bonchev–Trinajstić information content (AvgIpc) is 2.48. The highest BCUT2D eigenvalue weighted by Gasteiger charge is 2.44. The second-order valence-electron chi connectivity index (χ2n) is 5.00. The van der Waals surface area contributed by atoms with Crippen molar-refractivity contribution in [1.29, 1.82) is 0 Å². The molecule has 2 aromatic carbocycles. The quantitative estimate of drug-likeness (QED) is 0.803. The Morgan fingerprint density at radius 2 is 1.67 bits per heavy atom. The van der Waals surface area contributed by atoms with Crippen molar-refractivity contribution in [2.24, 2.45) is 0 Å². The van der Waals surface area contributed by atoms with Crippen molar-refractivity contribution >= 4 is 17.6 Å². The molecule has 5 heteroatoms. The number of carbonyl (C=O) groups is 2. The number of carbonyl (C=O) groups excluding carboxylic acids is 1. The molecule has 0 bridgehead atoms. The summed E-state index contributed by atoms with van der Waals surface area (Å²) in [5.74, 6) is -1.50. The van der Waals surface area contributed by atoms with Crippen LogP contribution in [-0.4, -0.2) is 22.6 Å². The highest BCUT2D eigenvalue weighted by atomic mass is 16.4. The van der Waals surface area contributed by atoms with Gasteiger partial charge in [-0.2, -0.15) is 0 Å². The van der Waals surface area contributed by atoms with Crippen LogP contribution in [0.1, 0.15) is 15.9 Å². The van der Waals surface area contributed by atoms with E-state index in [0.717, 1.165) is 5.56 Å². The summed E-state index contributed by atoms with van der Waals surface area (Å²) >= 11 is 0. The number of carboxylic acids is 1. The van der Waals surface area contributed by atoms with Gasteiger partial charge in [-0.05, 0) is 17.7 Å². The molecule has 1 aliphatic heterocycles. The van der Waals surface area contributed by atoms with E-state index in [0.29, 0.717) is 11.3 Å². The zero-order valence-corrected chi connectivity index (χ0v) is 11.2. The first kappa shape index (κ1) is 13.2. The lowest BCUT2D eigenvalue weighted by molar-refractivity contribution is -0.143. The Labute approximate surface area is 121 Å². The molecule has 2 aromatic rings. The Bertz CT molecular complexity index is 700. The summed E-state index contributed by atoms with van der Waals surface area (Å²) < 4.78 is 0. The molecule has 0 saturated carbocycles. The lowest BCUT2D eigenvalue weighted by atomic mass is 9.95. The number of anilines is 1. The zero-order valence-electron chi connectivity index (χ0n) is 11.2.